The Morgan fingerprint density at radius 3 is 2.42 bits per heavy atom. The first kappa shape index (κ1) is 22.3. The lowest BCUT2D eigenvalue weighted by Gasteiger charge is -2.17. The van der Waals surface area contributed by atoms with Gasteiger partial charge in [0.25, 0.3) is 5.91 Å². The maximum atomic E-state index is 12.5. The molecule has 0 saturated carbocycles. The second kappa shape index (κ2) is 11.1. The number of benzene rings is 2. The van der Waals surface area contributed by atoms with Crippen LogP contribution in [0.3, 0.4) is 0 Å². The highest BCUT2D eigenvalue weighted by Gasteiger charge is 2.23. The average molecular weight is 438 g/mol. The Morgan fingerprint density at radius 1 is 1.10 bits per heavy atom. The summed E-state index contributed by atoms with van der Waals surface area (Å²) in [4.78, 5) is 24.7. The molecule has 0 saturated heterocycles. The van der Waals surface area contributed by atoms with Gasteiger partial charge in [0.1, 0.15) is 6.04 Å². The first-order chi connectivity index (χ1) is 15.1. The molecule has 0 bridgehead atoms. The van der Waals surface area contributed by atoms with Crippen LogP contribution in [-0.2, 0) is 11.3 Å². The lowest BCUT2D eigenvalue weighted by Crippen LogP contribution is -2.33. The van der Waals surface area contributed by atoms with Crippen LogP contribution < -0.4 is 10.6 Å². The van der Waals surface area contributed by atoms with Crippen LogP contribution in [0.2, 0.25) is 0 Å². The first-order valence-corrected chi connectivity index (χ1v) is 10.6. The number of allylic oxidation sites excluding steroid dienone is 1. The highest BCUT2D eigenvalue weighted by Crippen LogP contribution is 2.21. The van der Waals surface area contributed by atoms with Crippen LogP contribution in [0.15, 0.2) is 78.5 Å². The van der Waals surface area contributed by atoms with Gasteiger partial charge in [-0.3, -0.25) is 9.59 Å². The van der Waals surface area contributed by atoms with E-state index in [-0.39, 0.29) is 24.2 Å². The Morgan fingerprint density at radius 2 is 1.77 bits per heavy atom. The van der Waals surface area contributed by atoms with E-state index in [2.05, 4.69) is 27.4 Å². The van der Waals surface area contributed by atoms with Crippen molar-refractivity contribution >= 4 is 29.3 Å². The minimum Gasteiger partial charge on any atom is -0.394 e. The number of amides is 2. The number of hydrogen-bond donors (Lipinski definition) is 3. The number of aromatic nitrogens is 3. The number of hydrogen-bond acceptors (Lipinski definition) is 6. The summed E-state index contributed by atoms with van der Waals surface area (Å²) in [5.41, 5.74) is 1.19. The van der Waals surface area contributed by atoms with Gasteiger partial charge in [-0.05, 0) is 24.3 Å². The van der Waals surface area contributed by atoms with E-state index in [4.69, 9.17) is 0 Å². The molecule has 160 valence electrons. The second-order valence-corrected chi connectivity index (χ2v) is 7.46. The van der Waals surface area contributed by atoms with Gasteiger partial charge in [0.2, 0.25) is 5.91 Å². The largest absolute Gasteiger partial charge is 0.394 e. The van der Waals surface area contributed by atoms with E-state index in [0.29, 0.717) is 28.8 Å². The zero-order valence-corrected chi connectivity index (χ0v) is 17.6. The zero-order valence-electron chi connectivity index (χ0n) is 16.8. The Balaban J connectivity index is 1.70. The van der Waals surface area contributed by atoms with Crippen LogP contribution >= 0.6 is 11.8 Å². The first-order valence-electron chi connectivity index (χ1n) is 9.60. The number of aliphatic hydroxyl groups is 1. The predicted octanol–water partition coefficient (Wildman–Crippen LogP) is 2.66. The number of carbonyl (C=O) groups excluding carboxylic acids is 2. The van der Waals surface area contributed by atoms with Crippen LogP contribution in [0, 0.1) is 0 Å². The summed E-state index contributed by atoms with van der Waals surface area (Å²) >= 11 is 1.21. The number of carbonyl (C=O) groups is 2. The van der Waals surface area contributed by atoms with Crippen molar-refractivity contribution < 1.29 is 14.7 Å². The molecule has 1 atom stereocenters. The molecule has 0 aliphatic carbocycles. The lowest BCUT2D eigenvalue weighted by atomic mass is 10.2. The van der Waals surface area contributed by atoms with Gasteiger partial charge in [-0.15, -0.1) is 16.8 Å². The molecule has 3 N–H and O–H groups in total. The minimum atomic E-state index is -0.757. The molecule has 2 amide bonds. The van der Waals surface area contributed by atoms with Crippen LogP contribution in [0.1, 0.15) is 22.2 Å². The van der Waals surface area contributed by atoms with Gasteiger partial charge < -0.3 is 20.3 Å². The number of nitrogens with one attached hydrogen (secondary N) is 2. The molecule has 3 rings (SSSR count). The Labute approximate surface area is 184 Å². The number of rotatable bonds is 10. The van der Waals surface area contributed by atoms with Crippen LogP contribution in [0.4, 0.5) is 5.69 Å². The molecule has 0 aliphatic rings. The molecular formula is C22H23N5O3S. The van der Waals surface area contributed by atoms with Crippen molar-refractivity contribution in [3.63, 3.8) is 0 Å². The number of thioether (sulfide) groups is 1. The molecular weight excluding hydrogens is 414 g/mol. The standard InChI is InChI=1S/C22H23N5O3S/c1-2-13-27-20(18(14-28)24-21(30)16-9-5-3-6-10-16)25-26-22(27)31-15-19(29)23-17-11-7-4-8-12-17/h2-12,18,28H,1,13-15H2,(H,23,29)(H,24,30)/t18-/m0/s1. The lowest BCUT2D eigenvalue weighted by molar-refractivity contribution is -0.113. The second-order valence-electron chi connectivity index (χ2n) is 6.52. The summed E-state index contributed by atoms with van der Waals surface area (Å²) in [5.74, 6) is 0.00790. The fourth-order valence-corrected chi connectivity index (χ4v) is 3.59. The summed E-state index contributed by atoms with van der Waals surface area (Å²) in [5, 5.41) is 24.2. The molecule has 31 heavy (non-hydrogen) atoms. The van der Waals surface area contributed by atoms with Crippen molar-refractivity contribution in [1.82, 2.24) is 20.1 Å². The molecule has 1 heterocycles. The minimum absolute atomic E-state index is 0.129. The molecule has 9 heteroatoms. The molecule has 3 aromatic rings. The summed E-state index contributed by atoms with van der Waals surface area (Å²) in [7, 11) is 0. The van der Waals surface area contributed by atoms with Crippen LogP contribution in [-0.4, -0.2) is 44.0 Å². The Bertz CT molecular complexity index is 1020. The van der Waals surface area contributed by atoms with Gasteiger partial charge in [0.15, 0.2) is 11.0 Å². The molecule has 0 radical (unpaired) electrons. The third-order valence-electron chi connectivity index (χ3n) is 4.28. The maximum absolute atomic E-state index is 12.5. The third-order valence-corrected chi connectivity index (χ3v) is 5.25. The molecule has 0 fully saturated rings. The van der Waals surface area contributed by atoms with E-state index in [1.807, 2.05) is 36.4 Å². The van der Waals surface area contributed by atoms with Crippen LogP contribution in [0.5, 0.6) is 0 Å². The van der Waals surface area contributed by atoms with E-state index in [1.54, 1.807) is 34.9 Å². The smallest absolute Gasteiger partial charge is 0.251 e. The number of para-hydroxylation sites is 1. The van der Waals surface area contributed by atoms with Gasteiger partial charge in [-0.25, -0.2) is 0 Å². The fraction of sp³-hybridized carbons (Fsp3) is 0.182. The van der Waals surface area contributed by atoms with E-state index >= 15 is 0 Å². The van der Waals surface area contributed by atoms with E-state index in [1.165, 1.54) is 11.8 Å². The fourth-order valence-electron chi connectivity index (χ4n) is 2.84. The summed E-state index contributed by atoms with van der Waals surface area (Å²) < 4.78 is 1.72. The Kier molecular flexibility index (Phi) is 7.97. The quantitative estimate of drug-likeness (QED) is 0.332. The number of anilines is 1. The van der Waals surface area contributed by atoms with E-state index in [9.17, 15) is 14.7 Å². The number of nitrogens with zero attached hydrogens (tertiary/aromatic N) is 3. The summed E-state index contributed by atoms with van der Waals surface area (Å²) in [6.45, 7) is 3.76. The molecule has 0 aliphatic heterocycles. The van der Waals surface area contributed by atoms with Crippen molar-refractivity contribution in [2.75, 3.05) is 17.7 Å². The van der Waals surface area contributed by atoms with Gasteiger partial charge in [0, 0.05) is 17.8 Å². The van der Waals surface area contributed by atoms with Crippen molar-refractivity contribution in [1.29, 1.82) is 0 Å². The normalized spacial score (nSPS) is 11.5. The van der Waals surface area contributed by atoms with Gasteiger partial charge >= 0.3 is 0 Å². The van der Waals surface area contributed by atoms with Gasteiger partial charge in [-0.2, -0.15) is 0 Å². The van der Waals surface area contributed by atoms with Crippen molar-refractivity contribution in [3.8, 4) is 0 Å². The number of aliphatic hydroxyl groups excluding tert-OH is 1. The zero-order chi connectivity index (χ0) is 22.1. The Hall–Kier alpha value is -3.43. The van der Waals surface area contributed by atoms with Crippen molar-refractivity contribution in [2.45, 2.75) is 17.7 Å². The molecule has 0 unspecified atom stereocenters. The average Bonchev–Trinajstić information content (AvgIpc) is 3.20. The highest BCUT2D eigenvalue weighted by atomic mass is 32.2. The predicted molar refractivity (Wildman–Crippen MR) is 120 cm³/mol. The maximum Gasteiger partial charge on any atom is 0.251 e. The van der Waals surface area contributed by atoms with E-state index < -0.39 is 6.04 Å². The third kappa shape index (κ3) is 6.03. The van der Waals surface area contributed by atoms with Crippen molar-refractivity contribution in [3.05, 3.63) is 84.7 Å². The highest BCUT2D eigenvalue weighted by molar-refractivity contribution is 7.99. The monoisotopic (exact) mass is 437 g/mol. The topological polar surface area (TPSA) is 109 Å². The van der Waals surface area contributed by atoms with Crippen LogP contribution in [0.25, 0.3) is 0 Å². The van der Waals surface area contributed by atoms with Gasteiger partial charge in [-0.1, -0.05) is 54.2 Å². The van der Waals surface area contributed by atoms with Crippen molar-refractivity contribution in [2.24, 2.45) is 0 Å². The van der Waals surface area contributed by atoms with Gasteiger partial charge in [0.05, 0.1) is 12.4 Å². The molecule has 0 spiro atoms. The molecule has 8 nitrogen and oxygen atoms in total. The SMILES string of the molecule is C=CCn1c(SCC(=O)Nc2ccccc2)nnc1[C@H](CO)NC(=O)c1ccccc1. The molecule has 1 aromatic heterocycles. The molecule has 2 aromatic carbocycles. The summed E-state index contributed by atoms with van der Waals surface area (Å²) in [6.07, 6.45) is 1.66. The summed E-state index contributed by atoms with van der Waals surface area (Å²) in [6, 6.07) is 17.1. The van der Waals surface area contributed by atoms with E-state index in [0.717, 1.165) is 0 Å².